The number of hydrogen-bond acceptors (Lipinski definition) is 3. The lowest BCUT2D eigenvalue weighted by Gasteiger charge is -2.35. The maximum atomic E-state index is 9.42. The van der Waals surface area contributed by atoms with Crippen molar-refractivity contribution in [1.29, 1.82) is 5.26 Å². The van der Waals surface area contributed by atoms with Gasteiger partial charge in [-0.15, -0.1) is 0 Å². The van der Waals surface area contributed by atoms with Gasteiger partial charge in [0.1, 0.15) is 5.54 Å². The Morgan fingerprint density at radius 3 is 2.39 bits per heavy atom. The highest BCUT2D eigenvalue weighted by molar-refractivity contribution is 5.06. The van der Waals surface area contributed by atoms with Crippen LogP contribution in [0.2, 0.25) is 0 Å². The highest BCUT2D eigenvalue weighted by atomic mass is 15.2. The predicted molar refractivity (Wildman–Crippen MR) is 76.4 cm³/mol. The molecule has 1 saturated carbocycles. The molecule has 0 saturated heterocycles. The van der Waals surface area contributed by atoms with Crippen molar-refractivity contribution < 1.29 is 0 Å². The van der Waals surface area contributed by atoms with E-state index in [0.717, 1.165) is 19.0 Å². The van der Waals surface area contributed by atoms with Crippen molar-refractivity contribution in [3.63, 3.8) is 0 Å². The Labute approximate surface area is 113 Å². The van der Waals surface area contributed by atoms with Crippen molar-refractivity contribution in [1.82, 2.24) is 10.2 Å². The molecule has 0 spiro atoms. The van der Waals surface area contributed by atoms with Crippen molar-refractivity contribution in [3.8, 4) is 6.07 Å². The third kappa shape index (κ3) is 4.59. The molecule has 3 nitrogen and oxygen atoms in total. The second-order valence-corrected chi connectivity index (χ2v) is 6.27. The van der Waals surface area contributed by atoms with Crippen LogP contribution in [0.15, 0.2) is 0 Å². The molecule has 0 aromatic rings. The highest BCUT2D eigenvalue weighted by Gasteiger charge is 2.35. The number of hydrogen-bond donors (Lipinski definition) is 1. The molecule has 2 atom stereocenters. The summed E-state index contributed by atoms with van der Waals surface area (Å²) in [6, 6.07) is 4.07. The molecule has 1 N–H and O–H groups in total. The Bertz CT molecular complexity index is 291. The van der Waals surface area contributed by atoms with Gasteiger partial charge < -0.3 is 0 Å². The van der Waals surface area contributed by atoms with Gasteiger partial charge in [-0.3, -0.25) is 10.2 Å². The quantitative estimate of drug-likeness (QED) is 0.721. The summed E-state index contributed by atoms with van der Waals surface area (Å²) in [7, 11) is 0. The van der Waals surface area contributed by atoms with Crippen LogP contribution in [0.4, 0.5) is 0 Å². The first-order chi connectivity index (χ1) is 8.41. The van der Waals surface area contributed by atoms with Crippen LogP contribution in [0.5, 0.6) is 0 Å². The smallest absolute Gasteiger partial charge is 0.105 e. The predicted octanol–water partition coefficient (Wildman–Crippen LogP) is 2.92. The molecule has 104 valence electrons. The molecule has 0 amide bonds. The summed E-state index contributed by atoms with van der Waals surface area (Å²) in [4.78, 5) is 2.59. The van der Waals surface area contributed by atoms with E-state index in [1.165, 1.54) is 19.3 Å². The molecule has 1 aliphatic rings. The van der Waals surface area contributed by atoms with E-state index < -0.39 is 5.54 Å². The van der Waals surface area contributed by atoms with Gasteiger partial charge in [-0.25, -0.2) is 0 Å². The first kappa shape index (κ1) is 15.5. The lowest BCUT2D eigenvalue weighted by molar-refractivity contribution is 0.165. The van der Waals surface area contributed by atoms with Gasteiger partial charge in [-0.1, -0.05) is 6.92 Å². The highest BCUT2D eigenvalue weighted by Crippen LogP contribution is 2.31. The van der Waals surface area contributed by atoms with Gasteiger partial charge in [0.2, 0.25) is 0 Å². The molecule has 0 heterocycles. The molecule has 1 aliphatic carbocycles. The Morgan fingerprint density at radius 1 is 1.39 bits per heavy atom. The average Bonchev–Trinajstić information content (AvgIpc) is 3.08. The zero-order valence-corrected chi connectivity index (χ0v) is 12.7. The second kappa shape index (κ2) is 6.54. The van der Waals surface area contributed by atoms with Gasteiger partial charge in [-0.2, -0.15) is 5.26 Å². The SMILES string of the molecule is CCCN(C(C)CC(C)(C#N)NC(C)C)C1CC1. The molecule has 1 rings (SSSR count). The number of nitrogens with zero attached hydrogens (tertiary/aromatic N) is 2. The van der Waals surface area contributed by atoms with E-state index in [-0.39, 0.29) is 0 Å². The Hall–Kier alpha value is -0.590. The van der Waals surface area contributed by atoms with E-state index in [2.05, 4.69) is 44.0 Å². The van der Waals surface area contributed by atoms with Crippen LogP contribution in [0.3, 0.4) is 0 Å². The van der Waals surface area contributed by atoms with Gasteiger partial charge in [0.15, 0.2) is 0 Å². The molecule has 0 aliphatic heterocycles. The van der Waals surface area contributed by atoms with E-state index in [1.54, 1.807) is 0 Å². The molecule has 18 heavy (non-hydrogen) atoms. The van der Waals surface area contributed by atoms with Crippen LogP contribution in [-0.4, -0.2) is 35.1 Å². The third-order valence-electron chi connectivity index (χ3n) is 3.62. The molecular weight excluding hydrogens is 222 g/mol. The van der Waals surface area contributed by atoms with Crippen molar-refractivity contribution in [2.75, 3.05) is 6.54 Å². The maximum Gasteiger partial charge on any atom is 0.105 e. The maximum absolute atomic E-state index is 9.42. The third-order valence-corrected chi connectivity index (χ3v) is 3.62. The van der Waals surface area contributed by atoms with Crippen LogP contribution in [0.25, 0.3) is 0 Å². The van der Waals surface area contributed by atoms with Gasteiger partial charge in [-0.05, 0) is 59.9 Å². The zero-order chi connectivity index (χ0) is 13.8. The van der Waals surface area contributed by atoms with Crippen LogP contribution >= 0.6 is 0 Å². The van der Waals surface area contributed by atoms with Gasteiger partial charge in [0.25, 0.3) is 0 Å². The van der Waals surface area contributed by atoms with Gasteiger partial charge in [0.05, 0.1) is 6.07 Å². The summed E-state index contributed by atoms with van der Waals surface area (Å²) in [5, 5.41) is 12.8. The summed E-state index contributed by atoms with van der Waals surface area (Å²) in [5.74, 6) is 0. The summed E-state index contributed by atoms with van der Waals surface area (Å²) >= 11 is 0. The second-order valence-electron chi connectivity index (χ2n) is 6.27. The molecule has 2 unspecified atom stereocenters. The first-order valence-electron chi connectivity index (χ1n) is 7.36. The summed E-state index contributed by atoms with van der Waals surface area (Å²) in [6.07, 6.45) is 4.77. The van der Waals surface area contributed by atoms with Gasteiger partial charge in [0, 0.05) is 18.1 Å². The Kier molecular flexibility index (Phi) is 5.62. The number of nitrogens with one attached hydrogen (secondary N) is 1. The van der Waals surface area contributed by atoms with Crippen LogP contribution < -0.4 is 5.32 Å². The fourth-order valence-corrected chi connectivity index (χ4v) is 2.91. The standard InChI is InChI=1S/C15H29N3/c1-6-9-18(14-7-8-14)13(4)10-15(5,11-16)17-12(2)3/h12-14,17H,6-10H2,1-5H3. The molecular formula is C15H29N3. The van der Waals surface area contributed by atoms with E-state index in [4.69, 9.17) is 0 Å². The van der Waals surface area contributed by atoms with Crippen LogP contribution in [0, 0.1) is 11.3 Å². The summed E-state index contributed by atoms with van der Waals surface area (Å²) < 4.78 is 0. The number of rotatable bonds is 8. The minimum Gasteiger partial charge on any atom is -0.298 e. The van der Waals surface area contributed by atoms with E-state index >= 15 is 0 Å². The van der Waals surface area contributed by atoms with E-state index in [0.29, 0.717) is 12.1 Å². The fraction of sp³-hybridized carbons (Fsp3) is 0.933. The lowest BCUT2D eigenvalue weighted by Crippen LogP contribution is -2.50. The molecule has 1 fully saturated rings. The van der Waals surface area contributed by atoms with Crippen LogP contribution in [0.1, 0.15) is 60.3 Å². The van der Waals surface area contributed by atoms with Gasteiger partial charge >= 0.3 is 0 Å². The largest absolute Gasteiger partial charge is 0.298 e. The van der Waals surface area contributed by atoms with Crippen molar-refractivity contribution in [3.05, 3.63) is 0 Å². The average molecular weight is 251 g/mol. The Morgan fingerprint density at radius 2 is 2.00 bits per heavy atom. The van der Waals surface area contributed by atoms with Crippen molar-refractivity contribution in [2.45, 2.75) is 84.0 Å². The molecule has 3 heteroatoms. The normalized spacial score (nSPS) is 20.8. The molecule has 0 bridgehead atoms. The summed E-state index contributed by atoms with van der Waals surface area (Å²) in [6.45, 7) is 11.9. The van der Waals surface area contributed by atoms with Crippen LogP contribution in [-0.2, 0) is 0 Å². The Balaban J connectivity index is 2.59. The van der Waals surface area contributed by atoms with E-state index in [9.17, 15) is 5.26 Å². The zero-order valence-electron chi connectivity index (χ0n) is 12.7. The summed E-state index contributed by atoms with van der Waals surface area (Å²) in [5.41, 5.74) is -0.408. The minimum atomic E-state index is -0.408. The van der Waals surface area contributed by atoms with Crippen molar-refractivity contribution >= 4 is 0 Å². The fourth-order valence-electron chi connectivity index (χ4n) is 2.91. The molecule has 0 radical (unpaired) electrons. The lowest BCUT2D eigenvalue weighted by atomic mass is 9.93. The van der Waals surface area contributed by atoms with Crippen molar-refractivity contribution in [2.24, 2.45) is 0 Å². The molecule has 0 aromatic heterocycles. The first-order valence-corrected chi connectivity index (χ1v) is 7.36. The number of nitriles is 1. The minimum absolute atomic E-state index is 0.349. The molecule has 0 aromatic carbocycles. The van der Waals surface area contributed by atoms with E-state index in [1.807, 2.05) is 6.92 Å². The topological polar surface area (TPSA) is 39.1 Å². The monoisotopic (exact) mass is 251 g/mol.